The summed E-state index contributed by atoms with van der Waals surface area (Å²) < 4.78 is 0. The zero-order chi connectivity index (χ0) is 43.9. The van der Waals surface area contributed by atoms with Crippen molar-refractivity contribution in [2.75, 3.05) is 0 Å². The Kier molecular flexibility index (Phi) is 9.22. The first-order valence-electron chi connectivity index (χ1n) is 22.4. The van der Waals surface area contributed by atoms with E-state index in [2.05, 4.69) is 176 Å². The number of allylic oxidation sites excluding steroid dienone is 3. The molecule has 0 saturated carbocycles. The Morgan fingerprint density at radius 2 is 0.812 bits per heavy atom. The van der Waals surface area contributed by atoms with Crippen LogP contribution in [0.3, 0.4) is 0 Å². The van der Waals surface area contributed by atoms with E-state index in [9.17, 15) is 0 Å². The summed E-state index contributed by atoms with van der Waals surface area (Å²) in [5.74, 6) is 2.02. The van der Waals surface area contributed by atoms with E-state index in [0.29, 0.717) is 17.5 Å². The molecule has 0 saturated heterocycles. The number of hydrogen-bond donors (Lipinski definition) is 0. The van der Waals surface area contributed by atoms with Crippen LogP contribution in [-0.2, 0) is 10.8 Å². The van der Waals surface area contributed by atoms with Crippen molar-refractivity contribution in [2.24, 2.45) is 4.99 Å². The van der Waals surface area contributed by atoms with Gasteiger partial charge in [-0.05, 0) is 135 Å². The first kappa shape index (κ1) is 39.5. The van der Waals surface area contributed by atoms with Gasteiger partial charge >= 0.3 is 0 Å². The fourth-order valence-corrected chi connectivity index (χ4v) is 10.6. The molecule has 0 N–H and O–H groups in total. The zero-order valence-corrected chi connectivity index (χ0v) is 37.6. The second-order valence-electron chi connectivity index (χ2n) is 18.7. The van der Waals surface area contributed by atoms with Crippen molar-refractivity contribution in [3.63, 3.8) is 0 Å². The third-order valence-corrected chi connectivity index (χ3v) is 14.0. The lowest BCUT2D eigenvalue weighted by molar-refractivity contribution is 0.652. The quantitative estimate of drug-likeness (QED) is 0.168. The zero-order valence-electron chi connectivity index (χ0n) is 37.6. The third-order valence-electron chi connectivity index (χ3n) is 14.0. The van der Waals surface area contributed by atoms with Crippen molar-refractivity contribution in [3.05, 3.63) is 219 Å². The Labute approximate surface area is 376 Å². The molecule has 8 aromatic rings. The number of fused-ring (bicyclic) bond motifs is 6. The van der Waals surface area contributed by atoms with Crippen molar-refractivity contribution in [3.8, 4) is 56.4 Å². The van der Waals surface area contributed by atoms with Crippen LogP contribution in [0, 0.1) is 13.8 Å². The maximum atomic E-state index is 5.54. The van der Waals surface area contributed by atoms with E-state index in [1.54, 1.807) is 0 Å². The highest BCUT2D eigenvalue weighted by Gasteiger charge is 2.43. The number of nitrogens with zero attached hydrogens (tertiary/aromatic N) is 4. The standard InChI is InChI=1S/C60H50N4/c1-36-30-43(52-29-28-45(39-20-12-8-13-21-39)38(3)55(61-52)40-22-14-9-15-23-40)32-50-53(36)46-34-49-47(35-48(46)59(50,4)5)54-37(2)31-44(33-51(54)60(49,6)7)58-63-56(41-24-16-10-17-25-41)62-57(64-58)42-26-18-11-19-27-42/h8-28,30-35H,29H2,1-7H3. The predicted molar refractivity (Wildman–Crippen MR) is 265 cm³/mol. The minimum atomic E-state index is -0.255. The lowest BCUT2D eigenvalue weighted by Crippen LogP contribution is -2.17. The average molecular weight is 827 g/mol. The molecule has 0 unspecified atom stereocenters. The molecule has 0 spiro atoms. The molecule has 7 aromatic carbocycles. The SMILES string of the molecule is CC1=C(c2ccccc2)N=C(c2cc(C)c3c(c2)C(C)(C)c2cc4c(cc2-3)C(C)(C)c2cc(-c3nc(-c5ccccc5)nc(-c5ccccc5)n3)cc(C)c2-4)CC=C1c1ccccc1. The highest BCUT2D eigenvalue weighted by molar-refractivity contribution is 6.09. The van der Waals surface area contributed by atoms with E-state index in [-0.39, 0.29) is 10.8 Å². The number of aromatic nitrogens is 3. The summed E-state index contributed by atoms with van der Waals surface area (Å²) in [5, 5.41) is 0. The molecule has 1 aliphatic heterocycles. The van der Waals surface area contributed by atoms with Crippen LogP contribution in [0.4, 0.5) is 0 Å². The van der Waals surface area contributed by atoms with Gasteiger partial charge in [-0.1, -0.05) is 155 Å². The smallest absolute Gasteiger partial charge is 0.164 e. The normalized spacial score (nSPS) is 15.4. The van der Waals surface area contributed by atoms with Crippen LogP contribution in [0.15, 0.2) is 174 Å². The summed E-state index contributed by atoms with van der Waals surface area (Å²) in [6.45, 7) is 16.3. The van der Waals surface area contributed by atoms with Crippen LogP contribution in [0.1, 0.15) is 91.1 Å². The Morgan fingerprint density at radius 1 is 0.406 bits per heavy atom. The van der Waals surface area contributed by atoms with E-state index < -0.39 is 0 Å². The number of benzene rings is 7. The molecule has 64 heavy (non-hydrogen) atoms. The molecular formula is C60H50N4. The summed E-state index contributed by atoms with van der Waals surface area (Å²) in [5.41, 5.74) is 23.8. The monoisotopic (exact) mass is 826 g/mol. The molecule has 0 fully saturated rings. The van der Waals surface area contributed by atoms with E-state index in [1.807, 2.05) is 36.4 Å². The first-order valence-corrected chi connectivity index (χ1v) is 22.4. The van der Waals surface area contributed by atoms with Gasteiger partial charge in [-0.3, -0.25) is 4.99 Å². The van der Waals surface area contributed by atoms with Crippen molar-refractivity contribution in [1.29, 1.82) is 0 Å². The van der Waals surface area contributed by atoms with Gasteiger partial charge in [-0.15, -0.1) is 0 Å². The molecule has 310 valence electrons. The van der Waals surface area contributed by atoms with Crippen LogP contribution >= 0.6 is 0 Å². The highest BCUT2D eigenvalue weighted by atomic mass is 15.0. The van der Waals surface area contributed by atoms with Crippen LogP contribution in [0.25, 0.3) is 67.7 Å². The van der Waals surface area contributed by atoms with Gasteiger partial charge < -0.3 is 0 Å². The van der Waals surface area contributed by atoms with Crippen LogP contribution in [0.2, 0.25) is 0 Å². The van der Waals surface area contributed by atoms with Gasteiger partial charge in [0.25, 0.3) is 0 Å². The van der Waals surface area contributed by atoms with Gasteiger partial charge in [0.15, 0.2) is 17.5 Å². The second-order valence-corrected chi connectivity index (χ2v) is 18.7. The topological polar surface area (TPSA) is 51.0 Å². The molecule has 0 amide bonds. The third kappa shape index (κ3) is 6.34. The van der Waals surface area contributed by atoms with Crippen molar-refractivity contribution in [2.45, 2.75) is 65.7 Å². The highest BCUT2D eigenvalue weighted by Crippen LogP contribution is 2.58. The Bertz CT molecular complexity index is 3220. The lowest BCUT2D eigenvalue weighted by Gasteiger charge is -2.24. The molecule has 2 aliphatic carbocycles. The molecule has 0 atom stereocenters. The maximum Gasteiger partial charge on any atom is 0.164 e. The summed E-state index contributed by atoms with van der Waals surface area (Å²) in [7, 11) is 0. The fourth-order valence-electron chi connectivity index (χ4n) is 10.6. The second kappa shape index (κ2) is 14.9. The molecule has 3 aliphatic rings. The lowest BCUT2D eigenvalue weighted by atomic mass is 9.79. The fraction of sp³-hybridized carbons (Fsp3) is 0.167. The van der Waals surface area contributed by atoms with Gasteiger partial charge in [-0.2, -0.15) is 0 Å². The van der Waals surface area contributed by atoms with Crippen molar-refractivity contribution in [1.82, 2.24) is 15.0 Å². The van der Waals surface area contributed by atoms with Gasteiger partial charge in [0.2, 0.25) is 0 Å². The number of aliphatic imine (C=N–C) groups is 1. The molecule has 4 nitrogen and oxygen atoms in total. The number of rotatable bonds is 6. The van der Waals surface area contributed by atoms with Crippen LogP contribution in [-0.4, -0.2) is 20.7 Å². The average Bonchev–Trinajstić information content (AvgIpc) is 3.59. The number of hydrogen-bond acceptors (Lipinski definition) is 4. The molecule has 4 heteroatoms. The summed E-state index contributed by atoms with van der Waals surface area (Å²) in [6.07, 6.45) is 3.13. The van der Waals surface area contributed by atoms with Gasteiger partial charge in [0.1, 0.15) is 0 Å². The summed E-state index contributed by atoms with van der Waals surface area (Å²) in [4.78, 5) is 20.7. The molecule has 2 heterocycles. The maximum absolute atomic E-state index is 5.54. The molecule has 1 aromatic heterocycles. The minimum Gasteiger partial charge on any atom is -0.252 e. The molecule has 0 radical (unpaired) electrons. The van der Waals surface area contributed by atoms with Crippen LogP contribution < -0.4 is 0 Å². The van der Waals surface area contributed by atoms with E-state index in [1.165, 1.54) is 77.9 Å². The minimum absolute atomic E-state index is 0.224. The predicted octanol–water partition coefficient (Wildman–Crippen LogP) is 14.8. The Morgan fingerprint density at radius 3 is 1.30 bits per heavy atom. The summed E-state index contributed by atoms with van der Waals surface area (Å²) >= 11 is 0. The molecular weight excluding hydrogens is 777 g/mol. The molecule has 11 rings (SSSR count). The Balaban J connectivity index is 1.01. The van der Waals surface area contributed by atoms with E-state index >= 15 is 0 Å². The van der Waals surface area contributed by atoms with Gasteiger partial charge in [0, 0.05) is 39.5 Å². The van der Waals surface area contributed by atoms with E-state index in [4.69, 9.17) is 19.9 Å². The van der Waals surface area contributed by atoms with Crippen molar-refractivity contribution < 1.29 is 0 Å². The largest absolute Gasteiger partial charge is 0.252 e. The van der Waals surface area contributed by atoms with Gasteiger partial charge in [0.05, 0.1) is 11.4 Å². The number of aryl methyl sites for hydroxylation is 2. The van der Waals surface area contributed by atoms with Gasteiger partial charge in [-0.25, -0.2) is 15.0 Å². The Hall–Kier alpha value is -7.30. The summed E-state index contributed by atoms with van der Waals surface area (Å²) in [6, 6.07) is 56.3. The first-order chi connectivity index (χ1) is 31.0. The molecule has 0 bridgehead atoms. The van der Waals surface area contributed by atoms with E-state index in [0.717, 1.165) is 40.1 Å². The van der Waals surface area contributed by atoms with Crippen LogP contribution in [0.5, 0.6) is 0 Å². The van der Waals surface area contributed by atoms with Crippen molar-refractivity contribution >= 4 is 17.0 Å².